The Labute approximate surface area is 204 Å². The lowest BCUT2D eigenvalue weighted by atomic mass is 10.1. The largest absolute Gasteiger partial charge is 0.487 e. The number of rotatable bonds is 10. The number of halogens is 3. The molecule has 0 bridgehead atoms. The van der Waals surface area contributed by atoms with Gasteiger partial charge in [-0.25, -0.2) is 4.98 Å². The summed E-state index contributed by atoms with van der Waals surface area (Å²) in [5.74, 6) is 1.28. The number of thioether (sulfide) groups is 1. The van der Waals surface area contributed by atoms with Gasteiger partial charge in [0.2, 0.25) is 11.2 Å². The van der Waals surface area contributed by atoms with Crippen molar-refractivity contribution in [3.63, 3.8) is 0 Å². The molecule has 188 valence electrons. The van der Waals surface area contributed by atoms with Crippen LogP contribution in [-0.4, -0.2) is 30.2 Å². The van der Waals surface area contributed by atoms with Gasteiger partial charge in [0.1, 0.15) is 18.6 Å². The SMILES string of the molecule is O=c1cc(COC2CCCCO2)occ1OCCCCSc1ccc2ccc(C(F)(F)F)cc2n1. The van der Waals surface area contributed by atoms with Gasteiger partial charge < -0.3 is 18.6 Å². The molecule has 1 unspecified atom stereocenters. The van der Waals surface area contributed by atoms with Crippen molar-refractivity contribution >= 4 is 22.7 Å². The van der Waals surface area contributed by atoms with Crippen molar-refractivity contribution in [2.75, 3.05) is 19.0 Å². The van der Waals surface area contributed by atoms with Crippen molar-refractivity contribution in [2.45, 2.75) is 56.2 Å². The zero-order valence-electron chi connectivity index (χ0n) is 19.0. The number of fused-ring (bicyclic) bond motifs is 1. The molecule has 0 aliphatic carbocycles. The normalized spacial score (nSPS) is 16.5. The summed E-state index contributed by atoms with van der Waals surface area (Å²) in [4.78, 5) is 16.6. The third-order valence-electron chi connectivity index (χ3n) is 5.44. The second-order valence-corrected chi connectivity index (χ2v) is 9.26. The van der Waals surface area contributed by atoms with Crippen molar-refractivity contribution in [3.8, 4) is 5.75 Å². The molecule has 1 aromatic carbocycles. The van der Waals surface area contributed by atoms with Crippen molar-refractivity contribution in [2.24, 2.45) is 0 Å². The molecule has 1 atom stereocenters. The molecule has 1 aliphatic rings. The lowest BCUT2D eigenvalue weighted by molar-refractivity contribution is -0.171. The molecule has 0 radical (unpaired) electrons. The minimum Gasteiger partial charge on any atom is -0.487 e. The van der Waals surface area contributed by atoms with Crippen LogP contribution in [0, 0.1) is 0 Å². The number of pyridine rings is 1. The molecule has 0 amide bonds. The number of nitrogens with zero attached hydrogens (tertiary/aromatic N) is 1. The molecule has 1 aliphatic heterocycles. The smallest absolute Gasteiger partial charge is 0.416 e. The van der Waals surface area contributed by atoms with Gasteiger partial charge in [0, 0.05) is 18.1 Å². The number of aromatic nitrogens is 1. The standard InChI is InChI=1S/C25H26F3NO5S/c26-25(27,28)18-8-6-17-7-9-23(29-20(17)13-18)35-12-4-3-10-31-22-16-33-19(14-21(22)30)15-34-24-5-1-2-11-32-24/h6-9,13-14,16,24H,1-5,10-12,15H2. The molecular weight excluding hydrogens is 483 g/mol. The lowest BCUT2D eigenvalue weighted by Gasteiger charge is -2.22. The molecule has 6 nitrogen and oxygen atoms in total. The Morgan fingerprint density at radius 2 is 1.97 bits per heavy atom. The average molecular weight is 510 g/mol. The Morgan fingerprint density at radius 3 is 2.74 bits per heavy atom. The summed E-state index contributed by atoms with van der Waals surface area (Å²) >= 11 is 1.46. The van der Waals surface area contributed by atoms with E-state index in [2.05, 4.69) is 4.98 Å². The highest BCUT2D eigenvalue weighted by Crippen LogP contribution is 2.31. The number of ether oxygens (including phenoxy) is 3. The third kappa shape index (κ3) is 7.46. The predicted molar refractivity (Wildman–Crippen MR) is 126 cm³/mol. The first-order valence-corrected chi connectivity index (χ1v) is 12.5. The number of hydrogen-bond donors (Lipinski definition) is 0. The first kappa shape index (κ1) is 25.5. The van der Waals surface area contributed by atoms with Crippen LogP contribution in [0.2, 0.25) is 0 Å². The van der Waals surface area contributed by atoms with E-state index in [0.717, 1.165) is 43.6 Å². The molecule has 0 saturated carbocycles. The predicted octanol–water partition coefficient (Wildman–Crippen LogP) is 6.20. The van der Waals surface area contributed by atoms with Gasteiger partial charge in [-0.3, -0.25) is 4.79 Å². The monoisotopic (exact) mass is 509 g/mol. The fraction of sp³-hybridized carbons (Fsp3) is 0.440. The van der Waals surface area contributed by atoms with E-state index < -0.39 is 11.7 Å². The van der Waals surface area contributed by atoms with E-state index in [1.165, 1.54) is 30.2 Å². The van der Waals surface area contributed by atoms with Crippen molar-refractivity contribution in [3.05, 3.63) is 64.2 Å². The minimum atomic E-state index is -4.39. The van der Waals surface area contributed by atoms with Crippen molar-refractivity contribution in [1.29, 1.82) is 0 Å². The van der Waals surface area contributed by atoms with Gasteiger partial charge in [0.15, 0.2) is 6.29 Å². The van der Waals surface area contributed by atoms with E-state index in [1.807, 2.05) is 0 Å². The van der Waals surface area contributed by atoms with E-state index >= 15 is 0 Å². The van der Waals surface area contributed by atoms with Crippen LogP contribution in [0.1, 0.15) is 43.4 Å². The van der Waals surface area contributed by atoms with Crippen LogP contribution in [0.3, 0.4) is 0 Å². The van der Waals surface area contributed by atoms with Crippen LogP contribution in [0.25, 0.3) is 10.9 Å². The Bertz CT molecular complexity index is 1180. The van der Waals surface area contributed by atoms with Crippen LogP contribution in [0.15, 0.2) is 56.9 Å². The van der Waals surface area contributed by atoms with Gasteiger partial charge in [-0.1, -0.05) is 12.1 Å². The first-order valence-electron chi connectivity index (χ1n) is 11.5. The highest BCUT2D eigenvalue weighted by molar-refractivity contribution is 7.99. The number of alkyl halides is 3. The minimum absolute atomic E-state index is 0.145. The van der Waals surface area contributed by atoms with Gasteiger partial charge in [0.05, 0.1) is 22.7 Å². The number of unbranched alkanes of at least 4 members (excludes halogenated alkanes) is 1. The molecule has 2 aromatic heterocycles. The van der Waals surface area contributed by atoms with Crippen LogP contribution >= 0.6 is 11.8 Å². The summed E-state index contributed by atoms with van der Waals surface area (Å²) in [6.07, 6.45) is 1.05. The van der Waals surface area contributed by atoms with Crippen LogP contribution < -0.4 is 10.2 Å². The summed E-state index contributed by atoms with van der Waals surface area (Å²) in [5, 5.41) is 1.32. The molecule has 0 N–H and O–H groups in total. The quantitative estimate of drug-likeness (QED) is 0.238. The molecule has 10 heteroatoms. The lowest BCUT2D eigenvalue weighted by Crippen LogP contribution is -2.22. The summed E-state index contributed by atoms with van der Waals surface area (Å²) in [7, 11) is 0. The third-order valence-corrected chi connectivity index (χ3v) is 6.46. The topological polar surface area (TPSA) is 70.8 Å². The second-order valence-electron chi connectivity index (χ2n) is 8.14. The maximum atomic E-state index is 12.9. The second kappa shape index (κ2) is 11.9. The van der Waals surface area contributed by atoms with E-state index in [0.29, 0.717) is 41.3 Å². The molecule has 3 heterocycles. The fourth-order valence-electron chi connectivity index (χ4n) is 3.56. The van der Waals surface area contributed by atoms with E-state index in [4.69, 9.17) is 18.6 Å². The molecule has 0 spiro atoms. The Morgan fingerprint density at radius 1 is 1.11 bits per heavy atom. The summed E-state index contributed by atoms with van der Waals surface area (Å²) < 4.78 is 60.9. The van der Waals surface area contributed by atoms with Crippen molar-refractivity contribution in [1.82, 2.24) is 4.98 Å². The van der Waals surface area contributed by atoms with Gasteiger partial charge in [-0.2, -0.15) is 13.2 Å². The highest BCUT2D eigenvalue weighted by atomic mass is 32.2. The number of benzene rings is 1. The summed E-state index contributed by atoms with van der Waals surface area (Å²) in [6, 6.07) is 8.49. The molecule has 4 rings (SSSR count). The van der Waals surface area contributed by atoms with Gasteiger partial charge in [0.25, 0.3) is 0 Å². The highest BCUT2D eigenvalue weighted by Gasteiger charge is 2.30. The Kier molecular flexibility index (Phi) is 8.69. The molecule has 1 fully saturated rings. The first-order chi connectivity index (χ1) is 16.9. The van der Waals surface area contributed by atoms with Crippen LogP contribution in [0.4, 0.5) is 13.2 Å². The number of hydrogen-bond acceptors (Lipinski definition) is 7. The van der Waals surface area contributed by atoms with Crippen LogP contribution in [-0.2, 0) is 22.3 Å². The fourth-order valence-corrected chi connectivity index (χ4v) is 4.44. The van der Waals surface area contributed by atoms with Crippen molar-refractivity contribution < 1.29 is 31.8 Å². The zero-order chi connectivity index (χ0) is 24.7. The summed E-state index contributed by atoms with van der Waals surface area (Å²) in [5.41, 5.74) is -0.660. The van der Waals surface area contributed by atoms with Crippen LogP contribution in [0.5, 0.6) is 5.75 Å². The molecule has 1 saturated heterocycles. The molecule has 35 heavy (non-hydrogen) atoms. The molecule has 3 aromatic rings. The van der Waals surface area contributed by atoms with E-state index in [9.17, 15) is 18.0 Å². The maximum Gasteiger partial charge on any atom is 0.416 e. The summed E-state index contributed by atoms with van der Waals surface area (Å²) in [6.45, 7) is 1.19. The van der Waals surface area contributed by atoms with Gasteiger partial charge in [-0.05, 0) is 56.1 Å². The van der Waals surface area contributed by atoms with Gasteiger partial charge in [-0.15, -0.1) is 11.8 Å². The Balaban J connectivity index is 1.18. The molecular formula is C25H26F3NO5S. The Hall–Kier alpha value is -2.56. The van der Waals surface area contributed by atoms with E-state index in [-0.39, 0.29) is 24.1 Å². The average Bonchev–Trinajstić information content (AvgIpc) is 2.85. The zero-order valence-corrected chi connectivity index (χ0v) is 19.8. The van der Waals surface area contributed by atoms with E-state index in [1.54, 1.807) is 12.1 Å². The maximum absolute atomic E-state index is 12.9. The van der Waals surface area contributed by atoms with Gasteiger partial charge >= 0.3 is 6.18 Å².